The van der Waals surface area contributed by atoms with E-state index in [9.17, 15) is 9.59 Å². The number of hydrogen-bond acceptors (Lipinski definition) is 8. The van der Waals surface area contributed by atoms with E-state index in [0.29, 0.717) is 22.8 Å². The second-order valence-electron chi connectivity index (χ2n) is 6.68. The topological polar surface area (TPSA) is 74.1 Å². The highest BCUT2D eigenvalue weighted by atomic mass is 35.5. The third-order valence-corrected chi connectivity index (χ3v) is 7.15. The molecule has 1 aromatic carbocycles. The lowest BCUT2D eigenvalue weighted by molar-refractivity contribution is -0.139. The third kappa shape index (κ3) is 4.53. The quantitative estimate of drug-likeness (QED) is 0.426. The van der Waals surface area contributed by atoms with Crippen LogP contribution >= 0.6 is 46.0 Å². The number of esters is 1. The van der Waals surface area contributed by atoms with Gasteiger partial charge in [0.05, 0.1) is 33.3 Å². The van der Waals surface area contributed by atoms with Crippen molar-refractivity contribution in [1.29, 1.82) is 0 Å². The largest absolute Gasteiger partial charge is 0.465 e. The number of carbonyl (C=O) groups is 1. The van der Waals surface area contributed by atoms with E-state index in [-0.39, 0.29) is 22.0 Å². The predicted molar refractivity (Wildman–Crippen MR) is 112 cm³/mol. The minimum atomic E-state index is -0.274. The molecule has 0 aliphatic carbocycles. The van der Waals surface area contributed by atoms with Crippen LogP contribution in [0.2, 0.25) is 5.02 Å². The van der Waals surface area contributed by atoms with Crippen LogP contribution in [0.25, 0.3) is 15.9 Å². The zero-order chi connectivity index (χ0) is 19.8. The molecular formula is C17H18ClN3O3S3. The number of ether oxygens (including phenoxy) is 1. The average Bonchev–Trinajstić information content (AvgIpc) is 3.15. The fraction of sp³-hybridized carbons (Fsp3) is 0.412. The molecule has 0 N–H and O–H groups in total. The first-order valence-electron chi connectivity index (χ1n) is 8.18. The van der Waals surface area contributed by atoms with Crippen LogP contribution in [0.15, 0.2) is 21.3 Å². The zero-order valence-corrected chi connectivity index (χ0v) is 18.4. The van der Waals surface area contributed by atoms with Gasteiger partial charge in [-0.15, -0.1) is 11.3 Å². The molecule has 0 fully saturated rings. The van der Waals surface area contributed by atoms with Crippen molar-refractivity contribution in [3.05, 3.63) is 31.8 Å². The fourth-order valence-corrected chi connectivity index (χ4v) is 5.21. The van der Waals surface area contributed by atoms with Crippen molar-refractivity contribution in [2.24, 2.45) is 0 Å². The Bertz CT molecular complexity index is 1050. The summed E-state index contributed by atoms with van der Waals surface area (Å²) in [5.74, 6) is -0.0708. The van der Waals surface area contributed by atoms with Crippen molar-refractivity contribution in [3.8, 4) is 5.69 Å². The lowest BCUT2D eigenvalue weighted by atomic mass is 9.98. The van der Waals surface area contributed by atoms with Gasteiger partial charge in [0, 0.05) is 5.41 Å². The standard InChI is InChI=1S/C17H18ClN3O3S3/c1-5-24-13(22)8-25-15-19-10-7-11(9(18)6-12(10)26-15)21-16(23)27-14(20-21)17(2,3)4/h6-7H,5,8H2,1-4H3. The van der Waals surface area contributed by atoms with Gasteiger partial charge in [-0.2, -0.15) is 9.78 Å². The summed E-state index contributed by atoms with van der Waals surface area (Å²) in [6.45, 7) is 8.15. The second-order valence-corrected chi connectivity index (χ2v) is 10.3. The molecule has 0 radical (unpaired) electrons. The minimum absolute atomic E-state index is 0.187. The number of carbonyl (C=O) groups excluding carboxylic acids is 1. The van der Waals surface area contributed by atoms with Gasteiger partial charge in [0.1, 0.15) is 5.01 Å². The average molecular weight is 444 g/mol. The third-order valence-electron chi connectivity index (χ3n) is 3.47. The summed E-state index contributed by atoms with van der Waals surface area (Å²) in [7, 11) is 0. The number of halogens is 1. The lowest BCUT2D eigenvalue weighted by Gasteiger charge is -2.12. The summed E-state index contributed by atoms with van der Waals surface area (Å²) in [5, 5.41) is 5.63. The Labute approximate surface area is 173 Å². The van der Waals surface area contributed by atoms with E-state index in [2.05, 4.69) is 10.1 Å². The van der Waals surface area contributed by atoms with Gasteiger partial charge in [0.25, 0.3) is 0 Å². The summed E-state index contributed by atoms with van der Waals surface area (Å²) in [4.78, 5) is 28.3. The van der Waals surface area contributed by atoms with Crippen molar-refractivity contribution in [2.75, 3.05) is 12.4 Å². The Morgan fingerprint density at radius 1 is 1.33 bits per heavy atom. The monoisotopic (exact) mass is 443 g/mol. The van der Waals surface area contributed by atoms with Gasteiger partial charge in [-0.3, -0.25) is 9.59 Å². The molecule has 0 amide bonds. The maximum absolute atomic E-state index is 12.4. The van der Waals surface area contributed by atoms with Crippen molar-refractivity contribution in [2.45, 2.75) is 37.4 Å². The number of rotatable bonds is 5. The SMILES string of the molecule is CCOC(=O)CSc1nc2cc(-n3nc(C(C)(C)C)sc3=O)c(Cl)cc2s1. The van der Waals surface area contributed by atoms with Crippen LogP contribution in [0.3, 0.4) is 0 Å². The maximum Gasteiger partial charge on any atom is 0.329 e. The number of thiazole rings is 1. The van der Waals surface area contributed by atoms with Crippen LogP contribution in [-0.2, 0) is 14.9 Å². The molecule has 10 heteroatoms. The molecule has 27 heavy (non-hydrogen) atoms. The number of nitrogens with zero attached hydrogens (tertiary/aromatic N) is 3. The molecule has 0 unspecified atom stereocenters. The summed E-state index contributed by atoms with van der Waals surface area (Å²) < 4.78 is 7.89. The molecule has 3 aromatic rings. The zero-order valence-electron chi connectivity index (χ0n) is 15.2. The van der Waals surface area contributed by atoms with Crippen LogP contribution in [0.5, 0.6) is 0 Å². The molecule has 3 rings (SSSR count). The van der Waals surface area contributed by atoms with E-state index < -0.39 is 0 Å². The van der Waals surface area contributed by atoms with Crippen molar-refractivity contribution >= 4 is 62.2 Å². The van der Waals surface area contributed by atoms with Crippen LogP contribution in [0.1, 0.15) is 32.7 Å². The van der Waals surface area contributed by atoms with E-state index in [1.54, 1.807) is 19.1 Å². The molecule has 0 saturated heterocycles. The first kappa shape index (κ1) is 20.3. The number of aromatic nitrogens is 3. The predicted octanol–water partition coefficient (Wildman–Crippen LogP) is 4.51. The smallest absolute Gasteiger partial charge is 0.329 e. The molecular weight excluding hydrogens is 426 g/mol. The Morgan fingerprint density at radius 2 is 2.07 bits per heavy atom. The van der Waals surface area contributed by atoms with Crippen LogP contribution in [0.4, 0.5) is 0 Å². The van der Waals surface area contributed by atoms with Crippen molar-refractivity contribution in [1.82, 2.24) is 14.8 Å². The highest BCUT2D eigenvalue weighted by molar-refractivity contribution is 8.01. The van der Waals surface area contributed by atoms with E-state index in [1.807, 2.05) is 20.8 Å². The highest BCUT2D eigenvalue weighted by Crippen LogP contribution is 2.34. The Hall–Kier alpha value is -1.42. The van der Waals surface area contributed by atoms with Gasteiger partial charge in [-0.25, -0.2) is 4.98 Å². The van der Waals surface area contributed by atoms with E-state index in [4.69, 9.17) is 16.3 Å². The summed E-state index contributed by atoms with van der Waals surface area (Å²) in [6.07, 6.45) is 0. The Morgan fingerprint density at radius 3 is 2.70 bits per heavy atom. The molecule has 0 spiro atoms. The van der Waals surface area contributed by atoms with Crippen molar-refractivity contribution in [3.63, 3.8) is 0 Å². The number of benzene rings is 1. The van der Waals surface area contributed by atoms with Gasteiger partial charge >= 0.3 is 10.8 Å². The molecule has 6 nitrogen and oxygen atoms in total. The molecule has 0 atom stereocenters. The van der Waals surface area contributed by atoms with Crippen LogP contribution in [0, 0.1) is 0 Å². The highest BCUT2D eigenvalue weighted by Gasteiger charge is 2.22. The second kappa shape index (κ2) is 7.90. The molecule has 2 heterocycles. The first-order valence-corrected chi connectivity index (χ1v) is 11.2. The number of fused-ring (bicyclic) bond motifs is 1. The molecule has 0 bridgehead atoms. The maximum atomic E-state index is 12.4. The molecule has 0 aliphatic heterocycles. The Balaban J connectivity index is 1.94. The van der Waals surface area contributed by atoms with Gasteiger partial charge in [-0.1, -0.05) is 55.5 Å². The van der Waals surface area contributed by atoms with Crippen molar-refractivity contribution < 1.29 is 9.53 Å². The number of thioether (sulfide) groups is 1. The summed E-state index contributed by atoms with van der Waals surface area (Å²) in [6, 6.07) is 3.54. The first-order chi connectivity index (χ1) is 12.7. The van der Waals surface area contributed by atoms with Gasteiger partial charge in [0.2, 0.25) is 0 Å². The minimum Gasteiger partial charge on any atom is -0.465 e. The van der Waals surface area contributed by atoms with Gasteiger partial charge in [0.15, 0.2) is 4.34 Å². The van der Waals surface area contributed by atoms with E-state index in [1.165, 1.54) is 27.8 Å². The summed E-state index contributed by atoms with van der Waals surface area (Å²) in [5.41, 5.74) is 1.000. The van der Waals surface area contributed by atoms with Crippen LogP contribution in [-0.4, -0.2) is 33.1 Å². The van der Waals surface area contributed by atoms with Crippen LogP contribution < -0.4 is 4.87 Å². The number of hydrogen-bond donors (Lipinski definition) is 0. The lowest BCUT2D eigenvalue weighted by Crippen LogP contribution is -2.14. The van der Waals surface area contributed by atoms with E-state index >= 15 is 0 Å². The Kier molecular flexibility index (Phi) is 5.95. The molecule has 2 aromatic heterocycles. The molecule has 144 valence electrons. The molecule has 0 aliphatic rings. The summed E-state index contributed by atoms with van der Waals surface area (Å²) >= 11 is 10.3. The van der Waals surface area contributed by atoms with Gasteiger partial charge in [-0.05, 0) is 19.1 Å². The van der Waals surface area contributed by atoms with E-state index in [0.717, 1.165) is 25.4 Å². The fourth-order valence-electron chi connectivity index (χ4n) is 2.20. The molecule has 0 saturated carbocycles. The van der Waals surface area contributed by atoms with Gasteiger partial charge < -0.3 is 4.74 Å². The normalized spacial score (nSPS) is 11.9.